The second kappa shape index (κ2) is 6.83. The standard InChI is InChI=1S/C22H14BrClN4O2/c1-13-21(12-27)19(28)30-22(13,15-4-6-16(23)7-5-15)29-18(20(21,10-25)11-26)14-2-8-17(24)9-3-14/h2-9,13,18,28H,1H3. The van der Waals surface area contributed by atoms with Gasteiger partial charge >= 0.3 is 0 Å². The lowest BCUT2D eigenvalue weighted by molar-refractivity contribution is -0.288. The number of nitrogens with one attached hydrogen (secondary N) is 1. The molecule has 2 heterocycles. The Morgan fingerprint density at radius 3 is 2.13 bits per heavy atom. The monoisotopic (exact) mass is 480 g/mol. The molecule has 6 nitrogen and oxygen atoms in total. The zero-order valence-corrected chi connectivity index (χ0v) is 18.0. The first-order valence-electron chi connectivity index (χ1n) is 9.02. The topological polar surface area (TPSA) is 114 Å². The number of nitriles is 3. The van der Waals surface area contributed by atoms with Crippen LogP contribution in [0.3, 0.4) is 0 Å². The molecule has 4 unspecified atom stereocenters. The third-order valence-corrected chi connectivity index (χ3v) is 6.87. The summed E-state index contributed by atoms with van der Waals surface area (Å²) in [6.07, 6.45) is -1.15. The molecule has 0 radical (unpaired) electrons. The molecule has 2 aliphatic rings. The summed E-state index contributed by atoms with van der Waals surface area (Å²) in [4.78, 5) is 0. The fourth-order valence-corrected chi connectivity index (χ4v) is 4.88. The Labute approximate surface area is 186 Å². The maximum atomic E-state index is 10.3. The Bertz CT molecular complexity index is 1150. The van der Waals surface area contributed by atoms with Crippen LogP contribution >= 0.6 is 27.5 Å². The molecule has 0 aromatic heterocycles. The molecule has 30 heavy (non-hydrogen) atoms. The van der Waals surface area contributed by atoms with Crippen molar-refractivity contribution in [2.24, 2.45) is 16.7 Å². The molecule has 2 bridgehead atoms. The smallest absolute Gasteiger partial charge is 0.244 e. The minimum Gasteiger partial charge on any atom is -0.443 e. The van der Waals surface area contributed by atoms with Crippen LogP contribution in [0.15, 0.2) is 53.0 Å². The normalized spacial score (nSPS) is 31.1. The van der Waals surface area contributed by atoms with Gasteiger partial charge in [0.15, 0.2) is 5.41 Å². The number of fused-ring (bicyclic) bond motifs is 2. The Kier molecular flexibility index (Phi) is 4.64. The van der Waals surface area contributed by atoms with Gasteiger partial charge in [0, 0.05) is 15.1 Å². The highest BCUT2D eigenvalue weighted by molar-refractivity contribution is 9.10. The van der Waals surface area contributed by atoms with Gasteiger partial charge in [-0.2, -0.15) is 15.8 Å². The van der Waals surface area contributed by atoms with E-state index in [0.29, 0.717) is 16.1 Å². The Hall–Kier alpha value is -2.89. The van der Waals surface area contributed by atoms with Crippen LogP contribution in [-0.4, -0.2) is 5.90 Å². The average Bonchev–Trinajstić information content (AvgIpc) is 2.91. The molecule has 148 valence electrons. The minimum absolute atomic E-state index is 0.444. The van der Waals surface area contributed by atoms with Crippen molar-refractivity contribution < 1.29 is 9.47 Å². The maximum absolute atomic E-state index is 10.3. The summed E-state index contributed by atoms with van der Waals surface area (Å²) in [7, 11) is 0. The Balaban J connectivity index is 2.03. The second-order valence-electron chi connectivity index (χ2n) is 7.33. The van der Waals surface area contributed by atoms with Crippen molar-refractivity contribution in [2.75, 3.05) is 0 Å². The van der Waals surface area contributed by atoms with Crippen molar-refractivity contribution in [3.63, 3.8) is 0 Å². The van der Waals surface area contributed by atoms with Gasteiger partial charge in [0.25, 0.3) is 0 Å². The molecule has 0 saturated carbocycles. The predicted octanol–water partition coefficient (Wildman–Crippen LogP) is 5.21. The molecule has 4 atom stereocenters. The third-order valence-electron chi connectivity index (χ3n) is 6.09. The van der Waals surface area contributed by atoms with Crippen molar-refractivity contribution >= 4 is 33.4 Å². The molecule has 2 fully saturated rings. The highest BCUT2D eigenvalue weighted by Crippen LogP contribution is 2.68. The van der Waals surface area contributed by atoms with Crippen molar-refractivity contribution in [3.05, 3.63) is 69.2 Å². The summed E-state index contributed by atoms with van der Waals surface area (Å²) in [5, 5.41) is 39.7. The molecule has 2 saturated heterocycles. The molecule has 4 rings (SSSR count). The van der Waals surface area contributed by atoms with E-state index in [4.69, 9.17) is 26.5 Å². The number of rotatable bonds is 2. The van der Waals surface area contributed by atoms with Crippen molar-refractivity contribution in [1.82, 2.24) is 0 Å². The maximum Gasteiger partial charge on any atom is 0.244 e. The lowest BCUT2D eigenvalue weighted by atomic mass is 9.53. The van der Waals surface area contributed by atoms with Crippen LogP contribution in [0.25, 0.3) is 0 Å². The number of hydrogen-bond acceptors (Lipinski definition) is 6. The van der Waals surface area contributed by atoms with Crippen LogP contribution in [0.2, 0.25) is 5.02 Å². The Morgan fingerprint density at radius 1 is 1.00 bits per heavy atom. The molecule has 2 aromatic carbocycles. The van der Waals surface area contributed by atoms with Gasteiger partial charge in [-0.3, -0.25) is 5.41 Å². The van der Waals surface area contributed by atoms with Gasteiger partial charge in [-0.25, -0.2) is 0 Å². The summed E-state index contributed by atoms with van der Waals surface area (Å²) in [6, 6.07) is 19.8. The molecule has 2 aromatic rings. The molecule has 2 aliphatic heterocycles. The molecular formula is C22H14BrClN4O2. The van der Waals surface area contributed by atoms with E-state index in [2.05, 4.69) is 22.0 Å². The first-order chi connectivity index (χ1) is 14.3. The van der Waals surface area contributed by atoms with E-state index < -0.39 is 34.5 Å². The van der Waals surface area contributed by atoms with Gasteiger partial charge < -0.3 is 9.47 Å². The fourth-order valence-electron chi connectivity index (χ4n) is 4.49. The number of nitrogens with zero attached hydrogens (tertiary/aromatic N) is 3. The lowest BCUT2D eigenvalue weighted by Crippen LogP contribution is -2.57. The summed E-state index contributed by atoms with van der Waals surface area (Å²) < 4.78 is 13.2. The van der Waals surface area contributed by atoms with Crippen LogP contribution in [-0.2, 0) is 15.3 Å². The highest BCUT2D eigenvalue weighted by Gasteiger charge is 2.79. The van der Waals surface area contributed by atoms with E-state index >= 15 is 0 Å². The van der Waals surface area contributed by atoms with Crippen LogP contribution in [0, 0.1) is 56.2 Å². The van der Waals surface area contributed by atoms with Gasteiger partial charge in [-0.15, -0.1) is 0 Å². The lowest BCUT2D eigenvalue weighted by Gasteiger charge is -2.48. The van der Waals surface area contributed by atoms with E-state index in [0.717, 1.165) is 4.47 Å². The summed E-state index contributed by atoms with van der Waals surface area (Å²) >= 11 is 9.40. The number of halogens is 2. The zero-order valence-electron chi connectivity index (χ0n) is 15.7. The summed E-state index contributed by atoms with van der Waals surface area (Å²) in [6.45, 7) is 1.67. The van der Waals surface area contributed by atoms with E-state index in [9.17, 15) is 15.8 Å². The van der Waals surface area contributed by atoms with Crippen molar-refractivity contribution in [2.45, 2.75) is 18.8 Å². The molecule has 1 N–H and O–H groups in total. The predicted molar refractivity (Wildman–Crippen MR) is 111 cm³/mol. The highest BCUT2D eigenvalue weighted by atomic mass is 79.9. The quantitative estimate of drug-likeness (QED) is 0.632. The van der Waals surface area contributed by atoms with Crippen LogP contribution in [0.4, 0.5) is 0 Å². The first-order valence-corrected chi connectivity index (χ1v) is 10.2. The zero-order chi connectivity index (χ0) is 21.7. The van der Waals surface area contributed by atoms with E-state index in [1.807, 2.05) is 12.1 Å². The van der Waals surface area contributed by atoms with Crippen LogP contribution < -0.4 is 0 Å². The van der Waals surface area contributed by atoms with Crippen molar-refractivity contribution in [3.8, 4) is 18.2 Å². The fraction of sp³-hybridized carbons (Fsp3) is 0.273. The van der Waals surface area contributed by atoms with Gasteiger partial charge in [0.2, 0.25) is 17.1 Å². The summed E-state index contributed by atoms with van der Waals surface area (Å²) in [5.74, 6) is -2.75. The van der Waals surface area contributed by atoms with Gasteiger partial charge in [-0.1, -0.05) is 58.7 Å². The average molecular weight is 482 g/mol. The second-order valence-corrected chi connectivity index (χ2v) is 8.68. The molecule has 0 amide bonds. The van der Waals surface area contributed by atoms with Gasteiger partial charge in [-0.05, 0) is 29.8 Å². The largest absolute Gasteiger partial charge is 0.443 e. The number of benzene rings is 2. The Morgan fingerprint density at radius 2 is 1.60 bits per heavy atom. The van der Waals surface area contributed by atoms with E-state index in [1.54, 1.807) is 55.5 Å². The third kappa shape index (κ3) is 2.33. The van der Waals surface area contributed by atoms with E-state index in [-0.39, 0.29) is 0 Å². The molecule has 0 spiro atoms. The molecular weight excluding hydrogens is 468 g/mol. The van der Waals surface area contributed by atoms with Gasteiger partial charge in [0.05, 0.1) is 24.1 Å². The molecule has 0 aliphatic carbocycles. The van der Waals surface area contributed by atoms with E-state index in [1.165, 1.54) is 0 Å². The first kappa shape index (κ1) is 20.4. The van der Waals surface area contributed by atoms with Gasteiger partial charge in [0.1, 0.15) is 6.10 Å². The minimum atomic E-state index is -2.00. The van der Waals surface area contributed by atoms with Crippen molar-refractivity contribution in [1.29, 1.82) is 21.2 Å². The number of hydrogen-bond donors (Lipinski definition) is 1. The molecule has 8 heteroatoms. The summed E-state index contributed by atoms with van der Waals surface area (Å²) in [5.41, 5.74) is -2.74. The van der Waals surface area contributed by atoms with Crippen LogP contribution in [0.1, 0.15) is 24.2 Å². The van der Waals surface area contributed by atoms with Crippen LogP contribution in [0.5, 0.6) is 0 Å². The SMILES string of the molecule is CC1C2(c3ccc(Br)cc3)OC(=N)C1(C#N)C(C#N)(C#N)C(c1ccc(Cl)cc1)O2. The number of ether oxygens (including phenoxy) is 2.